The second-order valence-electron chi connectivity index (χ2n) is 6.82. The number of aromatic nitrogens is 2. The van der Waals surface area contributed by atoms with Crippen LogP contribution in [-0.4, -0.2) is 15.6 Å². The highest BCUT2D eigenvalue weighted by molar-refractivity contribution is 5.96. The molecule has 0 saturated heterocycles. The number of halogens is 3. The largest absolute Gasteiger partial charge is 0.416 e. The Labute approximate surface area is 167 Å². The van der Waals surface area contributed by atoms with Crippen molar-refractivity contribution < 1.29 is 18.0 Å². The molecule has 0 aliphatic rings. The van der Waals surface area contributed by atoms with E-state index in [-0.39, 0.29) is 5.78 Å². The van der Waals surface area contributed by atoms with Gasteiger partial charge in [-0.2, -0.15) is 18.3 Å². The lowest BCUT2D eigenvalue weighted by molar-refractivity contribution is -0.137. The zero-order valence-corrected chi connectivity index (χ0v) is 16.3. The van der Waals surface area contributed by atoms with Gasteiger partial charge in [0, 0.05) is 42.4 Å². The Kier molecular flexibility index (Phi) is 6.06. The normalized spacial score (nSPS) is 11.5. The molecule has 29 heavy (non-hydrogen) atoms. The number of ketones is 1. The number of anilines is 1. The van der Waals surface area contributed by atoms with Crippen LogP contribution in [0.3, 0.4) is 0 Å². The van der Waals surface area contributed by atoms with E-state index in [1.807, 2.05) is 19.1 Å². The molecule has 0 amide bonds. The van der Waals surface area contributed by atoms with Crippen molar-refractivity contribution in [1.82, 2.24) is 9.78 Å². The van der Waals surface area contributed by atoms with Crippen LogP contribution in [0.4, 0.5) is 18.9 Å². The summed E-state index contributed by atoms with van der Waals surface area (Å²) in [5, 5.41) is 7.52. The van der Waals surface area contributed by atoms with Gasteiger partial charge in [0.25, 0.3) is 0 Å². The van der Waals surface area contributed by atoms with E-state index >= 15 is 0 Å². The molecule has 0 atom stereocenters. The van der Waals surface area contributed by atoms with Crippen LogP contribution in [-0.2, 0) is 19.8 Å². The number of aryl methyl sites for hydroxylation is 1. The summed E-state index contributed by atoms with van der Waals surface area (Å²) in [6, 6.07) is 12.3. The van der Waals surface area contributed by atoms with Gasteiger partial charge in [0.1, 0.15) is 0 Å². The molecule has 0 radical (unpaired) electrons. The van der Waals surface area contributed by atoms with Gasteiger partial charge in [-0.3, -0.25) is 9.48 Å². The highest BCUT2D eigenvalue weighted by atomic mass is 19.4. The third-order valence-electron chi connectivity index (χ3n) is 4.67. The van der Waals surface area contributed by atoms with Crippen molar-refractivity contribution in [2.75, 3.05) is 5.32 Å². The molecule has 1 aromatic heterocycles. The Morgan fingerprint density at radius 2 is 1.72 bits per heavy atom. The first-order chi connectivity index (χ1) is 13.8. The summed E-state index contributed by atoms with van der Waals surface area (Å²) in [6.07, 6.45) is -1.33. The molecule has 0 spiro atoms. The smallest absolute Gasteiger partial charge is 0.381 e. The minimum absolute atomic E-state index is 0.121. The predicted octanol–water partition coefficient (Wildman–Crippen LogP) is 5.70. The highest BCUT2D eigenvalue weighted by Crippen LogP contribution is 2.32. The molecule has 3 rings (SSSR count). The summed E-state index contributed by atoms with van der Waals surface area (Å²) >= 11 is 0. The Balaban J connectivity index is 1.74. The van der Waals surface area contributed by atoms with Gasteiger partial charge in [0.15, 0.2) is 5.78 Å². The van der Waals surface area contributed by atoms with E-state index in [4.69, 9.17) is 0 Å². The van der Waals surface area contributed by atoms with Crippen LogP contribution in [0.25, 0.3) is 11.3 Å². The second kappa shape index (κ2) is 8.51. The van der Waals surface area contributed by atoms with Crippen LogP contribution in [0.2, 0.25) is 0 Å². The number of carbonyl (C=O) groups is 1. The number of hydrogen-bond donors (Lipinski definition) is 1. The average Bonchev–Trinajstić information content (AvgIpc) is 3.07. The van der Waals surface area contributed by atoms with Gasteiger partial charge in [0.05, 0.1) is 17.5 Å². The molecule has 7 heteroatoms. The van der Waals surface area contributed by atoms with E-state index in [1.54, 1.807) is 30.1 Å². The highest BCUT2D eigenvalue weighted by Gasteiger charge is 2.30. The number of nitrogens with one attached hydrogen (secondary N) is 1. The lowest BCUT2D eigenvalue weighted by atomic mass is 10.0. The summed E-state index contributed by atoms with van der Waals surface area (Å²) < 4.78 is 40.0. The lowest BCUT2D eigenvalue weighted by Crippen LogP contribution is -2.05. The number of nitrogens with zero attached hydrogens (tertiary/aromatic N) is 2. The fraction of sp³-hybridized carbons (Fsp3) is 0.273. The van der Waals surface area contributed by atoms with Crippen LogP contribution >= 0.6 is 0 Å². The maximum Gasteiger partial charge on any atom is 0.416 e. The Morgan fingerprint density at radius 1 is 1.07 bits per heavy atom. The monoisotopic (exact) mass is 401 g/mol. The van der Waals surface area contributed by atoms with Crippen LogP contribution in [0.5, 0.6) is 0 Å². The number of alkyl halides is 3. The molecule has 0 saturated carbocycles. The van der Waals surface area contributed by atoms with E-state index in [0.29, 0.717) is 24.1 Å². The first kappa shape index (κ1) is 20.6. The van der Waals surface area contributed by atoms with Crippen molar-refractivity contribution >= 4 is 11.5 Å². The zero-order chi connectivity index (χ0) is 21.0. The maximum atomic E-state index is 12.8. The van der Waals surface area contributed by atoms with Crippen LogP contribution in [0, 0.1) is 0 Å². The minimum atomic E-state index is -4.36. The Bertz CT molecular complexity index is 974. The number of benzene rings is 2. The molecular formula is C22H22F3N3O. The van der Waals surface area contributed by atoms with E-state index in [0.717, 1.165) is 35.5 Å². The van der Waals surface area contributed by atoms with E-state index < -0.39 is 11.7 Å². The zero-order valence-electron chi connectivity index (χ0n) is 16.3. The van der Waals surface area contributed by atoms with Gasteiger partial charge in [-0.15, -0.1) is 0 Å². The molecule has 1 N–H and O–H groups in total. The molecular weight excluding hydrogens is 379 g/mol. The van der Waals surface area contributed by atoms with Gasteiger partial charge in [-0.05, 0) is 42.8 Å². The molecule has 152 valence electrons. The van der Waals surface area contributed by atoms with Crippen molar-refractivity contribution in [1.29, 1.82) is 0 Å². The standard InChI is InChI=1S/C22H22F3N3O/c1-3-4-20(29)15-7-11-19(12-8-15)26-13-17-14-27-28(2)21(17)16-5-9-18(10-6-16)22(23,24)25/h5-12,14,26H,3-4,13H2,1-2H3. The van der Waals surface area contributed by atoms with Crippen molar-refractivity contribution in [3.63, 3.8) is 0 Å². The van der Waals surface area contributed by atoms with E-state index in [2.05, 4.69) is 10.4 Å². The summed E-state index contributed by atoms with van der Waals surface area (Å²) in [7, 11) is 1.75. The summed E-state index contributed by atoms with van der Waals surface area (Å²) in [6.45, 7) is 2.42. The second-order valence-corrected chi connectivity index (χ2v) is 6.82. The molecule has 0 fully saturated rings. The number of Topliss-reactive ketones (excluding diaryl/α,β-unsaturated/α-hetero) is 1. The Hall–Kier alpha value is -3.09. The lowest BCUT2D eigenvalue weighted by Gasteiger charge is -2.11. The topological polar surface area (TPSA) is 46.9 Å². The quantitative estimate of drug-likeness (QED) is 0.517. The predicted molar refractivity (Wildman–Crippen MR) is 107 cm³/mol. The molecule has 0 unspecified atom stereocenters. The number of hydrogen-bond acceptors (Lipinski definition) is 3. The van der Waals surface area contributed by atoms with Gasteiger partial charge >= 0.3 is 6.18 Å². The van der Waals surface area contributed by atoms with Crippen LogP contribution in [0.15, 0.2) is 54.7 Å². The maximum absolute atomic E-state index is 12.8. The van der Waals surface area contributed by atoms with Crippen LogP contribution in [0.1, 0.15) is 41.3 Å². The van der Waals surface area contributed by atoms with Gasteiger partial charge < -0.3 is 5.32 Å². The molecule has 2 aromatic carbocycles. The third-order valence-corrected chi connectivity index (χ3v) is 4.67. The van der Waals surface area contributed by atoms with Crippen molar-refractivity contribution in [2.45, 2.75) is 32.5 Å². The fourth-order valence-electron chi connectivity index (χ4n) is 3.14. The van der Waals surface area contributed by atoms with Crippen molar-refractivity contribution in [3.8, 4) is 11.3 Å². The Morgan fingerprint density at radius 3 is 2.31 bits per heavy atom. The average molecular weight is 401 g/mol. The van der Waals surface area contributed by atoms with Crippen molar-refractivity contribution in [2.24, 2.45) is 7.05 Å². The third kappa shape index (κ3) is 4.85. The summed E-state index contributed by atoms with van der Waals surface area (Å²) in [5.74, 6) is 0.121. The molecule has 0 aliphatic heterocycles. The fourth-order valence-corrected chi connectivity index (χ4v) is 3.14. The van der Waals surface area contributed by atoms with Gasteiger partial charge in [-0.1, -0.05) is 19.1 Å². The number of carbonyl (C=O) groups excluding carboxylic acids is 1. The molecule has 4 nitrogen and oxygen atoms in total. The molecule has 0 bridgehead atoms. The summed E-state index contributed by atoms with van der Waals surface area (Å²) in [4.78, 5) is 11.9. The number of rotatable bonds is 7. The van der Waals surface area contributed by atoms with E-state index in [9.17, 15) is 18.0 Å². The molecule has 0 aliphatic carbocycles. The van der Waals surface area contributed by atoms with Crippen LogP contribution < -0.4 is 5.32 Å². The first-order valence-electron chi connectivity index (χ1n) is 9.35. The SMILES string of the molecule is CCCC(=O)c1ccc(NCc2cnn(C)c2-c2ccc(C(F)(F)F)cc2)cc1. The minimum Gasteiger partial charge on any atom is -0.381 e. The van der Waals surface area contributed by atoms with Crippen molar-refractivity contribution in [3.05, 3.63) is 71.4 Å². The van der Waals surface area contributed by atoms with E-state index in [1.165, 1.54) is 12.1 Å². The van der Waals surface area contributed by atoms with Gasteiger partial charge in [0.2, 0.25) is 0 Å². The van der Waals surface area contributed by atoms with Gasteiger partial charge in [-0.25, -0.2) is 0 Å². The molecule has 3 aromatic rings. The first-order valence-corrected chi connectivity index (χ1v) is 9.35. The summed E-state index contributed by atoms with van der Waals surface area (Å²) in [5.41, 5.74) is 3.12. The molecule has 1 heterocycles.